The second-order valence-electron chi connectivity index (χ2n) is 4.38. The third kappa shape index (κ3) is 3.23. The molecule has 18 heavy (non-hydrogen) atoms. The molecule has 1 aliphatic carbocycles. The molecule has 0 heterocycles. The first-order valence-electron chi connectivity index (χ1n) is 5.86. The standard InChI is InChI=1S/C13H15NO4/c1-8(12(15)14-10-5-6-10)18-11-4-2-3-9(7-11)13(16)17/h2-4,7-8,10H,5-6H2,1H3,(H,14,15)(H,16,17). The minimum absolute atomic E-state index is 0.141. The summed E-state index contributed by atoms with van der Waals surface area (Å²) in [5, 5.41) is 11.7. The lowest BCUT2D eigenvalue weighted by Crippen LogP contribution is -2.37. The predicted molar refractivity (Wildman–Crippen MR) is 64.7 cm³/mol. The molecule has 0 spiro atoms. The first-order chi connectivity index (χ1) is 8.56. The van der Waals surface area contributed by atoms with E-state index in [1.165, 1.54) is 12.1 Å². The van der Waals surface area contributed by atoms with Crippen molar-refractivity contribution >= 4 is 11.9 Å². The van der Waals surface area contributed by atoms with Gasteiger partial charge in [0.25, 0.3) is 5.91 Å². The van der Waals surface area contributed by atoms with Crippen LogP contribution in [-0.4, -0.2) is 29.1 Å². The molecule has 2 rings (SSSR count). The van der Waals surface area contributed by atoms with E-state index < -0.39 is 12.1 Å². The number of nitrogens with one attached hydrogen (secondary N) is 1. The molecule has 1 amide bonds. The van der Waals surface area contributed by atoms with Crippen molar-refractivity contribution in [3.8, 4) is 5.75 Å². The van der Waals surface area contributed by atoms with E-state index in [9.17, 15) is 9.59 Å². The molecule has 1 atom stereocenters. The molecule has 5 nitrogen and oxygen atoms in total. The molecular weight excluding hydrogens is 234 g/mol. The molecule has 96 valence electrons. The number of aromatic carboxylic acids is 1. The number of carboxylic acids is 1. The SMILES string of the molecule is CC(Oc1cccc(C(=O)O)c1)C(=O)NC1CC1. The van der Waals surface area contributed by atoms with Crippen LogP contribution >= 0.6 is 0 Å². The van der Waals surface area contributed by atoms with Crippen LogP contribution in [0.4, 0.5) is 0 Å². The number of carbonyl (C=O) groups excluding carboxylic acids is 1. The summed E-state index contributed by atoms with van der Waals surface area (Å²) in [6, 6.07) is 6.39. The van der Waals surface area contributed by atoms with E-state index >= 15 is 0 Å². The molecular formula is C13H15NO4. The molecule has 1 aliphatic rings. The summed E-state index contributed by atoms with van der Waals surface area (Å²) in [4.78, 5) is 22.5. The van der Waals surface area contributed by atoms with Crippen molar-refractivity contribution in [2.75, 3.05) is 0 Å². The number of hydrogen-bond donors (Lipinski definition) is 2. The Morgan fingerprint density at radius 1 is 1.44 bits per heavy atom. The van der Waals surface area contributed by atoms with E-state index in [-0.39, 0.29) is 17.5 Å². The van der Waals surface area contributed by atoms with E-state index in [4.69, 9.17) is 9.84 Å². The van der Waals surface area contributed by atoms with Crippen molar-refractivity contribution in [3.05, 3.63) is 29.8 Å². The van der Waals surface area contributed by atoms with E-state index in [0.29, 0.717) is 5.75 Å². The Morgan fingerprint density at radius 3 is 2.78 bits per heavy atom. The largest absolute Gasteiger partial charge is 0.481 e. The van der Waals surface area contributed by atoms with Crippen molar-refractivity contribution in [1.82, 2.24) is 5.32 Å². The van der Waals surface area contributed by atoms with Crippen LogP contribution in [0.25, 0.3) is 0 Å². The van der Waals surface area contributed by atoms with Gasteiger partial charge in [-0.25, -0.2) is 4.79 Å². The first kappa shape index (κ1) is 12.4. The van der Waals surface area contributed by atoms with Gasteiger partial charge in [-0.05, 0) is 38.0 Å². The van der Waals surface area contributed by atoms with Gasteiger partial charge in [-0.2, -0.15) is 0 Å². The van der Waals surface area contributed by atoms with Gasteiger partial charge < -0.3 is 15.2 Å². The highest BCUT2D eigenvalue weighted by Crippen LogP contribution is 2.19. The number of rotatable bonds is 5. The Labute approximate surface area is 105 Å². The molecule has 1 aromatic rings. The quantitative estimate of drug-likeness (QED) is 0.827. The van der Waals surface area contributed by atoms with Gasteiger partial charge in [0.05, 0.1) is 5.56 Å². The van der Waals surface area contributed by atoms with Crippen molar-refractivity contribution in [1.29, 1.82) is 0 Å². The summed E-state index contributed by atoms with van der Waals surface area (Å²) in [7, 11) is 0. The van der Waals surface area contributed by atoms with Gasteiger partial charge in [-0.1, -0.05) is 6.07 Å². The van der Waals surface area contributed by atoms with Crippen LogP contribution in [0, 0.1) is 0 Å². The zero-order valence-corrected chi connectivity index (χ0v) is 10.1. The summed E-state index contributed by atoms with van der Waals surface area (Å²) < 4.78 is 5.42. The van der Waals surface area contributed by atoms with Crippen LogP contribution < -0.4 is 10.1 Å². The lowest BCUT2D eigenvalue weighted by Gasteiger charge is -2.14. The van der Waals surface area contributed by atoms with Crippen LogP contribution in [0.2, 0.25) is 0 Å². The molecule has 0 bridgehead atoms. The highest BCUT2D eigenvalue weighted by molar-refractivity contribution is 5.88. The fourth-order valence-corrected chi connectivity index (χ4v) is 1.51. The summed E-state index contributed by atoms with van der Waals surface area (Å²) in [6.45, 7) is 1.64. The average Bonchev–Trinajstić information content (AvgIpc) is 3.13. The van der Waals surface area contributed by atoms with Crippen LogP contribution in [0.5, 0.6) is 5.75 Å². The predicted octanol–water partition coefficient (Wildman–Crippen LogP) is 1.43. The summed E-state index contributed by atoms with van der Waals surface area (Å²) in [6.07, 6.45) is 1.41. The second kappa shape index (κ2) is 5.08. The smallest absolute Gasteiger partial charge is 0.335 e. The van der Waals surface area contributed by atoms with E-state index in [0.717, 1.165) is 12.8 Å². The van der Waals surface area contributed by atoms with Crippen molar-refractivity contribution < 1.29 is 19.4 Å². The molecule has 1 saturated carbocycles. The fraction of sp³-hybridized carbons (Fsp3) is 0.385. The minimum atomic E-state index is -1.02. The van der Waals surface area contributed by atoms with Gasteiger partial charge in [0.1, 0.15) is 5.75 Å². The number of carboxylic acid groups (broad SMARTS) is 1. The molecule has 1 aromatic carbocycles. The molecule has 0 aromatic heterocycles. The van der Waals surface area contributed by atoms with Crippen molar-refractivity contribution in [2.24, 2.45) is 0 Å². The third-order valence-corrected chi connectivity index (χ3v) is 2.69. The van der Waals surface area contributed by atoms with Crippen molar-refractivity contribution in [3.63, 3.8) is 0 Å². The maximum Gasteiger partial charge on any atom is 0.335 e. The second-order valence-corrected chi connectivity index (χ2v) is 4.38. The topological polar surface area (TPSA) is 75.6 Å². The van der Waals surface area contributed by atoms with Crippen LogP contribution in [0.3, 0.4) is 0 Å². The number of hydrogen-bond acceptors (Lipinski definition) is 3. The van der Waals surface area contributed by atoms with E-state index in [1.807, 2.05) is 0 Å². The fourth-order valence-electron chi connectivity index (χ4n) is 1.51. The normalized spacial score (nSPS) is 15.8. The molecule has 0 aliphatic heterocycles. The summed E-state index contributed by atoms with van der Waals surface area (Å²) in [5.41, 5.74) is 0.141. The molecule has 1 unspecified atom stereocenters. The van der Waals surface area contributed by atoms with Gasteiger partial charge >= 0.3 is 5.97 Å². The summed E-state index contributed by atoms with van der Waals surface area (Å²) >= 11 is 0. The Morgan fingerprint density at radius 2 is 2.17 bits per heavy atom. The highest BCUT2D eigenvalue weighted by atomic mass is 16.5. The van der Waals surface area contributed by atoms with E-state index in [2.05, 4.69) is 5.32 Å². The molecule has 2 N–H and O–H groups in total. The van der Waals surface area contributed by atoms with Crippen LogP contribution in [0.1, 0.15) is 30.1 Å². The van der Waals surface area contributed by atoms with Crippen LogP contribution in [0.15, 0.2) is 24.3 Å². The van der Waals surface area contributed by atoms with Crippen LogP contribution in [-0.2, 0) is 4.79 Å². The number of benzene rings is 1. The number of carbonyl (C=O) groups is 2. The van der Waals surface area contributed by atoms with Gasteiger partial charge in [0, 0.05) is 6.04 Å². The third-order valence-electron chi connectivity index (χ3n) is 2.69. The lowest BCUT2D eigenvalue weighted by molar-refractivity contribution is -0.127. The summed E-state index contributed by atoms with van der Waals surface area (Å²) in [5.74, 6) is -0.804. The van der Waals surface area contributed by atoms with E-state index in [1.54, 1.807) is 19.1 Å². The first-order valence-corrected chi connectivity index (χ1v) is 5.86. The van der Waals surface area contributed by atoms with Gasteiger partial charge in [0.15, 0.2) is 6.10 Å². The average molecular weight is 249 g/mol. The monoisotopic (exact) mass is 249 g/mol. The Kier molecular flexibility index (Phi) is 3.50. The zero-order chi connectivity index (χ0) is 13.1. The van der Waals surface area contributed by atoms with Gasteiger partial charge in [-0.3, -0.25) is 4.79 Å². The zero-order valence-electron chi connectivity index (χ0n) is 10.1. The maximum atomic E-state index is 11.7. The maximum absolute atomic E-state index is 11.7. The Balaban J connectivity index is 1.96. The lowest BCUT2D eigenvalue weighted by atomic mass is 10.2. The Hall–Kier alpha value is -2.04. The number of amides is 1. The van der Waals surface area contributed by atoms with Gasteiger partial charge in [-0.15, -0.1) is 0 Å². The number of ether oxygens (including phenoxy) is 1. The highest BCUT2D eigenvalue weighted by Gasteiger charge is 2.26. The van der Waals surface area contributed by atoms with Crippen molar-refractivity contribution in [2.45, 2.75) is 31.9 Å². The molecule has 1 fully saturated rings. The molecule has 0 radical (unpaired) electrons. The van der Waals surface area contributed by atoms with Gasteiger partial charge in [0.2, 0.25) is 0 Å². The Bertz CT molecular complexity index is 468. The molecule has 0 saturated heterocycles. The minimum Gasteiger partial charge on any atom is -0.481 e. The molecule has 5 heteroatoms.